The number of benzene rings is 1. The molecule has 31 heteroatoms. The van der Waals surface area contributed by atoms with Gasteiger partial charge in [0.05, 0.1) is 31.7 Å². The topological polar surface area (TPSA) is 489 Å². The van der Waals surface area contributed by atoms with Gasteiger partial charge in [0.1, 0.15) is 60.1 Å². The number of aliphatic hydroxyl groups excluding tert-OH is 1. The molecule has 0 radical (unpaired) electrons. The molecule has 86 heavy (non-hydrogen) atoms. The highest BCUT2D eigenvalue weighted by Crippen LogP contribution is 2.22. The van der Waals surface area contributed by atoms with Crippen LogP contribution >= 0.6 is 0 Å². The number of aromatic hydroxyl groups is 1. The molecule has 1 fully saturated rings. The summed E-state index contributed by atoms with van der Waals surface area (Å²) in [5.41, 5.74) is 7.56. The molecule has 0 spiro atoms. The zero-order valence-corrected chi connectivity index (χ0v) is 48.7. The largest absolute Gasteiger partial charge is 0.508 e. The molecule has 9 amide bonds. The summed E-state index contributed by atoms with van der Waals surface area (Å²) in [5.74, 6) is -14.6. The van der Waals surface area contributed by atoms with E-state index >= 15 is 0 Å². The number of likely N-dealkylation sites (tertiary alicyclic amines) is 1. The van der Waals surface area contributed by atoms with Crippen molar-refractivity contribution in [1.29, 1.82) is 0 Å². The van der Waals surface area contributed by atoms with Gasteiger partial charge in [-0.05, 0) is 61.1 Å². The fourth-order valence-corrected chi connectivity index (χ4v) is 9.29. The Labute approximate surface area is 494 Å². The first-order valence-electron chi connectivity index (χ1n) is 28.1. The van der Waals surface area contributed by atoms with Crippen molar-refractivity contribution in [3.8, 4) is 5.75 Å². The predicted molar refractivity (Wildman–Crippen MR) is 302 cm³/mol. The highest BCUT2D eigenvalue weighted by Gasteiger charge is 2.42. The molecular weight excluding hydrogens is 1130 g/mol. The molecular formula is C55H80N14O17. The number of H-pyrrole nitrogens is 2. The maximum atomic E-state index is 14.4. The van der Waals surface area contributed by atoms with E-state index in [0.717, 1.165) is 4.90 Å². The predicted octanol–water partition coefficient (Wildman–Crippen LogP) is -2.77. The third-order valence-electron chi connectivity index (χ3n) is 14.2. The number of rotatable bonds is 35. The quantitative estimate of drug-likeness (QED) is 0.0283. The lowest BCUT2D eigenvalue weighted by Gasteiger charge is -2.32. The van der Waals surface area contributed by atoms with E-state index in [1.165, 1.54) is 49.3 Å². The van der Waals surface area contributed by atoms with Crippen molar-refractivity contribution in [3.05, 3.63) is 66.3 Å². The number of aliphatic carboxylic acids is 3. The average molecular weight is 1210 g/mol. The van der Waals surface area contributed by atoms with Crippen LogP contribution in [0.2, 0.25) is 0 Å². The van der Waals surface area contributed by atoms with Crippen LogP contribution in [0.25, 0.3) is 0 Å². The standard InChI is InChI=1S/C55H80N14O17/c1-7-29(6)45(68-50(80)40(24-70)66-52(82)44(28(4)5)67-49(79)36(18-30-10-12-33(71)13-11-30)62-46(76)34(56)19-31-22-57-25-59-31)53(83)61-35(14-15-42(72)73)47(77)64-38(17-27(2)3)54(84)69-16-8-9-41(69)51(81)63-37(21-43(74)75)48(78)65-39(55(85)86)20-32-23-58-26-60-32/h10-13,22-23,25-29,34-41,44-45,70-71H,7-9,14-21,24,56H2,1-6H3,(H,57,59)(H,58,60)(H,61,83)(H,62,76)(H,63,81)(H,64,77)(H,65,78)(H,66,82)(H,67,79)(H,68,80)(H,72,73)(H,74,75)(H,85,86)/t29-,34-,35-,36-,37-,38-,39-,40-,41-,44-,45-/m0/s1. The average Bonchev–Trinajstić information content (AvgIpc) is 2.94. The lowest BCUT2D eigenvalue weighted by molar-refractivity contribution is -0.145. The maximum Gasteiger partial charge on any atom is 0.326 e. The number of carboxylic acid groups (broad SMARTS) is 3. The van der Waals surface area contributed by atoms with E-state index in [0.29, 0.717) is 17.0 Å². The van der Waals surface area contributed by atoms with Gasteiger partial charge in [-0.1, -0.05) is 60.1 Å². The van der Waals surface area contributed by atoms with E-state index in [1.54, 1.807) is 41.5 Å². The monoisotopic (exact) mass is 1210 g/mol. The number of phenolic OH excluding ortho intramolecular Hbond substituents is 1. The molecule has 3 aromatic rings. The SMILES string of the molecule is CC[C@H](C)[C@H](NC(=O)[C@H](CO)NC(=O)[C@@H](NC(=O)[C@H](Cc1ccc(O)cc1)NC(=O)[C@@H](N)Cc1cnc[nH]1)C(C)C)C(=O)N[C@@H](CCC(=O)O)C(=O)N[C@@H](CC(C)C)C(=O)N1CCC[C@H]1C(=O)N[C@@H](CC(=O)O)C(=O)N[C@@H](Cc1cnc[nH]1)C(=O)O. The van der Waals surface area contributed by atoms with E-state index in [2.05, 4.69) is 62.5 Å². The Morgan fingerprint density at radius 3 is 1.71 bits per heavy atom. The molecule has 2 aromatic heterocycles. The molecule has 1 aliphatic rings. The first-order valence-corrected chi connectivity index (χ1v) is 28.1. The normalized spacial score (nSPS) is 16.5. The molecule has 31 nitrogen and oxygen atoms in total. The van der Waals surface area contributed by atoms with Crippen LogP contribution in [-0.2, 0) is 76.8 Å². The van der Waals surface area contributed by atoms with Crippen LogP contribution in [0.15, 0.2) is 49.3 Å². The summed E-state index contributed by atoms with van der Waals surface area (Å²) in [5, 5.41) is 69.2. The van der Waals surface area contributed by atoms with E-state index in [4.69, 9.17) is 5.73 Å². The van der Waals surface area contributed by atoms with Crippen molar-refractivity contribution in [2.45, 2.75) is 166 Å². The van der Waals surface area contributed by atoms with E-state index < -0.39 is 169 Å². The minimum atomic E-state index is -1.80. The minimum absolute atomic E-state index is 0.0314. The van der Waals surface area contributed by atoms with E-state index in [-0.39, 0.29) is 63.2 Å². The highest BCUT2D eigenvalue weighted by atomic mass is 16.4. The zero-order chi connectivity index (χ0) is 63.9. The van der Waals surface area contributed by atoms with Crippen molar-refractivity contribution in [1.82, 2.24) is 67.4 Å². The number of nitrogens with one attached hydrogen (secondary N) is 10. The van der Waals surface area contributed by atoms with Crippen LogP contribution in [0.5, 0.6) is 5.75 Å². The molecule has 1 aromatic carbocycles. The van der Waals surface area contributed by atoms with E-state index in [9.17, 15) is 83.1 Å². The van der Waals surface area contributed by atoms with Gasteiger partial charge in [-0.2, -0.15) is 0 Å². The van der Waals surface area contributed by atoms with Gasteiger partial charge < -0.3 is 88.7 Å². The molecule has 4 rings (SSSR count). The van der Waals surface area contributed by atoms with Crippen molar-refractivity contribution < 1.29 is 83.1 Å². The number of aliphatic hydroxyl groups is 1. The summed E-state index contributed by atoms with van der Waals surface area (Å²) >= 11 is 0. The van der Waals surface area contributed by atoms with Crippen LogP contribution in [0.1, 0.15) is 103 Å². The molecule has 0 unspecified atom stereocenters. The summed E-state index contributed by atoms with van der Waals surface area (Å²) < 4.78 is 0. The number of aromatic amines is 2. The fraction of sp³-hybridized carbons (Fsp3) is 0.564. The summed E-state index contributed by atoms with van der Waals surface area (Å²) in [6.07, 6.45) is 3.44. The van der Waals surface area contributed by atoms with Crippen LogP contribution in [0, 0.1) is 17.8 Å². The van der Waals surface area contributed by atoms with Crippen LogP contribution in [0.3, 0.4) is 0 Å². The molecule has 0 bridgehead atoms. The number of nitrogens with zero attached hydrogens (tertiary/aromatic N) is 3. The molecule has 1 aliphatic heterocycles. The Balaban J connectivity index is 1.49. The Kier molecular flexibility index (Phi) is 27.1. The Morgan fingerprint density at radius 1 is 0.628 bits per heavy atom. The van der Waals surface area contributed by atoms with Crippen molar-refractivity contribution in [2.75, 3.05) is 13.2 Å². The fourth-order valence-electron chi connectivity index (χ4n) is 9.29. The van der Waals surface area contributed by atoms with Crippen LogP contribution < -0.4 is 48.3 Å². The van der Waals surface area contributed by atoms with Crippen LogP contribution in [0.4, 0.5) is 0 Å². The Morgan fingerprint density at radius 2 is 1.16 bits per heavy atom. The second-order valence-electron chi connectivity index (χ2n) is 21.9. The van der Waals surface area contributed by atoms with Crippen molar-refractivity contribution in [3.63, 3.8) is 0 Å². The van der Waals surface area contributed by atoms with Gasteiger partial charge in [0, 0.05) is 56.0 Å². The van der Waals surface area contributed by atoms with Gasteiger partial charge in [-0.25, -0.2) is 14.8 Å². The summed E-state index contributed by atoms with van der Waals surface area (Å²) in [6.45, 7) is 8.78. The first kappa shape index (κ1) is 69.5. The van der Waals surface area contributed by atoms with Crippen molar-refractivity contribution >= 4 is 71.1 Å². The van der Waals surface area contributed by atoms with Gasteiger partial charge >= 0.3 is 17.9 Å². The molecule has 11 atom stereocenters. The summed E-state index contributed by atoms with van der Waals surface area (Å²) in [4.78, 5) is 176. The van der Waals surface area contributed by atoms with Gasteiger partial charge in [-0.15, -0.1) is 0 Å². The molecule has 1 saturated heterocycles. The summed E-state index contributed by atoms with van der Waals surface area (Å²) in [6, 6.07) is -9.02. The van der Waals surface area contributed by atoms with Gasteiger partial charge in [0.2, 0.25) is 53.2 Å². The lowest BCUT2D eigenvalue weighted by atomic mass is 9.96. The smallest absolute Gasteiger partial charge is 0.326 e. The van der Waals surface area contributed by atoms with Gasteiger partial charge in [0.15, 0.2) is 0 Å². The molecule has 3 heterocycles. The molecule has 0 saturated carbocycles. The minimum Gasteiger partial charge on any atom is -0.508 e. The maximum absolute atomic E-state index is 14.4. The third kappa shape index (κ3) is 21.6. The lowest BCUT2D eigenvalue weighted by Crippen LogP contribution is -2.62. The van der Waals surface area contributed by atoms with Crippen molar-refractivity contribution in [2.24, 2.45) is 23.5 Å². The van der Waals surface area contributed by atoms with Gasteiger partial charge in [-0.3, -0.25) is 52.7 Å². The van der Waals surface area contributed by atoms with Gasteiger partial charge in [0.25, 0.3) is 0 Å². The number of hydrogen-bond acceptors (Lipinski definition) is 17. The number of aromatic nitrogens is 4. The molecule has 472 valence electrons. The second kappa shape index (κ2) is 33.5. The molecule has 0 aliphatic carbocycles. The number of amides is 9. The number of carboxylic acids is 3. The second-order valence-corrected chi connectivity index (χ2v) is 21.9. The third-order valence-corrected chi connectivity index (χ3v) is 14.2. The number of imidazole rings is 2. The Bertz CT molecular complexity index is 2820. The number of carbonyl (C=O) groups excluding carboxylic acids is 9. The van der Waals surface area contributed by atoms with E-state index in [1.807, 2.05) is 0 Å². The Hall–Kier alpha value is -9.00. The summed E-state index contributed by atoms with van der Waals surface area (Å²) in [7, 11) is 0. The zero-order valence-electron chi connectivity index (χ0n) is 48.7. The number of hydrogen-bond donors (Lipinski definition) is 16. The highest BCUT2D eigenvalue weighted by molar-refractivity contribution is 5.99. The van der Waals surface area contributed by atoms with Crippen LogP contribution in [-0.4, -0.2) is 195 Å². The first-order chi connectivity index (χ1) is 40.6. The number of carbonyl (C=O) groups is 12. The number of phenols is 1. The number of nitrogens with two attached hydrogens (primary N) is 1. The molecule has 17 N–H and O–H groups in total.